The third kappa shape index (κ3) is 4.27. The summed E-state index contributed by atoms with van der Waals surface area (Å²) in [6.07, 6.45) is -1.62. The van der Waals surface area contributed by atoms with Crippen molar-refractivity contribution in [2.75, 3.05) is 0 Å². The number of amides is 1. The molecule has 0 aliphatic rings. The van der Waals surface area contributed by atoms with Crippen LogP contribution in [0, 0.1) is 0 Å². The van der Waals surface area contributed by atoms with E-state index in [0.29, 0.717) is 16.8 Å². The number of halogens is 3. The number of H-pyrrole nitrogens is 1. The maximum atomic E-state index is 13.1. The number of furan rings is 1. The number of para-hydroxylation sites is 2. The van der Waals surface area contributed by atoms with E-state index in [1.54, 1.807) is 30.3 Å². The standard InChI is InChI=1S/C22H16F3N3O2/c23-22(24,25)15-6-3-5-14(11-15)12-17(21(29)26-13-16-7-4-10-30-16)20-27-18-8-1-2-9-19(18)28-20/h1-12H,13H2,(H,26,29)(H,27,28). The summed E-state index contributed by atoms with van der Waals surface area (Å²) >= 11 is 0. The van der Waals surface area contributed by atoms with E-state index < -0.39 is 17.6 Å². The van der Waals surface area contributed by atoms with Gasteiger partial charge < -0.3 is 14.7 Å². The zero-order valence-electron chi connectivity index (χ0n) is 15.5. The molecule has 8 heteroatoms. The summed E-state index contributed by atoms with van der Waals surface area (Å²) in [5.41, 5.74) is 0.893. The van der Waals surface area contributed by atoms with E-state index in [-0.39, 0.29) is 23.5 Å². The average Bonchev–Trinajstić information content (AvgIpc) is 3.39. The molecule has 4 aromatic rings. The van der Waals surface area contributed by atoms with Crippen LogP contribution in [0.25, 0.3) is 22.7 Å². The average molecular weight is 411 g/mol. The Kier molecular flexibility index (Phi) is 5.14. The Morgan fingerprint density at radius 1 is 1.10 bits per heavy atom. The van der Waals surface area contributed by atoms with Crippen molar-refractivity contribution in [2.45, 2.75) is 12.7 Å². The number of hydrogen-bond acceptors (Lipinski definition) is 3. The van der Waals surface area contributed by atoms with Crippen LogP contribution in [0.5, 0.6) is 0 Å². The number of hydrogen-bond donors (Lipinski definition) is 2. The van der Waals surface area contributed by atoms with Gasteiger partial charge in [0.2, 0.25) is 0 Å². The van der Waals surface area contributed by atoms with Crippen LogP contribution in [0.1, 0.15) is 22.7 Å². The van der Waals surface area contributed by atoms with Gasteiger partial charge in [-0.1, -0.05) is 24.3 Å². The minimum absolute atomic E-state index is 0.108. The Balaban J connectivity index is 1.73. The van der Waals surface area contributed by atoms with Crippen LogP contribution in [0.4, 0.5) is 13.2 Å². The van der Waals surface area contributed by atoms with Crippen LogP contribution in [0.3, 0.4) is 0 Å². The van der Waals surface area contributed by atoms with E-state index in [4.69, 9.17) is 4.42 Å². The van der Waals surface area contributed by atoms with Crippen molar-refractivity contribution in [1.82, 2.24) is 15.3 Å². The number of benzene rings is 2. The summed E-state index contributed by atoms with van der Waals surface area (Å²) in [6, 6.07) is 15.4. The van der Waals surface area contributed by atoms with Crippen LogP contribution in [-0.2, 0) is 17.5 Å². The smallest absolute Gasteiger partial charge is 0.416 e. The van der Waals surface area contributed by atoms with Crippen LogP contribution >= 0.6 is 0 Å². The highest BCUT2D eigenvalue weighted by atomic mass is 19.4. The lowest BCUT2D eigenvalue weighted by Gasteiger charge is -2.09. The number of alkyl halides is 3. The molecule has 0 aliphatic carbocycles. The van der Waals surface area contributed by atoms with E-state index in [2.05, 4.69) is 15.3 Å². The maximum Gasteiger partial charge on any atom is 0.416 e. The Labute approximate surface area is 169 Å². The number of fused-ring (bicyclic) bond motifs is 1. The van der Waals surface area contributed by atoms with E-state index >= 15 is 0 Å². The largest absolute Gasteiger partial charge is 0.467 e. The molecule has 4 rings (SSSR count). The van der Waals surface area contributed by atoms with Crippen LogP contribution in [-0.4, -0.2) is 15.9 Å². The minimum Gasteiger partial charge on any atom is -0.467 e. The van der Waals surface area contributed by atoms with Gasteiger partial charge in [-0.3, -0.25) is 4.79 Å². The van der Waals surface area contributed by atoms with Gasteiger partial charge in [0.15, 0.2) is 0 Å². The molecule has 0 fully saturated rings. The minimum atomic E-state index is -4.48. The third-order valence-corrected chi connectivity index (χ3v) is 4.42. The van der Waals surface area contributed by atoms with Crippen LogP contribution in [0.2, 0.25) is 0 Å². The van der Waals surface area contributed by atoms with Crippen molar-refractivity contribution in [3.05, 3.63) is 89.6 Å². The molecule has 2 heterocycles. The molecule has 0 atom stereocenters. The number of carbonyl (C=O) groups excluding carboxylic acids is 1. The number of nitrogens with zero attached hydrogens (tertiary/aromatic N) is 1. The SMILES string of the molecule is O=C(NCc1ccco1)C(=Cc1cccc(C(F)(F)F)c1)c1nc2ccccc2[nH]1. The molecule has 2 N–H and O–H groups in total. The molecule has 0 saturated carbocycles. The van der Waals surface area contributed by atoms with Crippen molar-refractivity contribution in [3.8, 4) is 0 Å². The quantitative estimate of drug-likeness (QED) is 0.453. The lowest BCUT2D eigenvalue weighted by Crippen LogP contribution is -2.24. The topological polar surface area (TPSA) is 70.9 Å². The Morgan fingerprint density at radius 3 is 2.67 bits per heavy atom. The zero-order chi connectivity index (χ0) is 21.1. The Bertz CT molecular complexity index is 1170. The number of aromatic nitrogens is 2. The number of carbonyl (C=O) groups is 1. The molecule has 152 valence electrons. The fourth-order valence-corrected chi connectivity index (χ4v) is 2.97. The Morgan fingerprint density at radius 2 is 1.93 bits per heavy atom. The molecular weight excluding hydrogens is 395 g/mol. The van der Waals surface area contributed by atoms with Gasteiger partial charge in [-0.2, -0.15) is 13.2 Å². The van der Waals surface area contributed by atoms with Gasteiger partial charge in [-0.05, 0) is 48.0 Å². The van der Waals surface area contributed by atoms with E-state index in [9.17, 15) is 18.0 Å². The highest BCUT2D eigenvalue weighted by Gasteiger charge is 2.30. The summed E-state index contributed by atoms with van der Waals surface area (Å²) in [6.45, 7) is 0.131. The first-order valence-corrected chi connectivity index (χ1v) is 9.05. The number of rotatable bonds is 5. The van der Waals surface area contributed by atoms with Gasteiger partial charge in [0.1, 0.15) is 11.6 Å². The normalized spacial score (nSPS) is 12.3. The lowest BCUT2D eigenvalue weighted by atomic mass is 10.1. The van der Waals surface area contributed by atoms with Crippen molar-refractivity contribution >= 4 is 28.6 Å². The predicted octanol–water partition coefficient (Wildman–Crippen LogP) is 5.03. The first-order chi connectivity index (χ1) is 14.4. The highest BCUT2D eigenvalue weighted by Crippen LogP contribution is 2.30. The molecule has 0 aliphatic heterocycles. The van der Waals surface area contributed by atoms with Gasteiger partial charge in [0, 0.05) is 0 Å². The molecular formula is C22H16F3N3O2. The monoisotopic (exact) mass is 411 g/mol. The predicted molar refractivity (Wildman–Crippen MR) is 106 cm³/mol. The fraction of sp³-hybridized carbons (Fsp3) is 0.0909. The molecule has 2 aromatic heterocycles. The van der Waals surface area contributed by atoms with Crippen molar-refractivity contribution in [1.29, 1.82) is 0 Å². The molecule has 5 nitrogen and oxygen atoms in total. The van der Waals surface area contributed by atoms with Crippen molar-refractivity contribution in [2.24, 2.45) is 0 Å². The van der Waals surface area contributed by atoms with Gasteiger partial charge in [0.05, 0.1) is 35.0 Å². The third-order valence-electron chi connectivity index (χ3n) is 4.42. The first-order valence-electron chi connectivity index (χ1n) is 9.05. The molecule has 0 radical (unpaired) electrons. The number of nitrogens with one attached hydrogen (secondary N) is 2. The van der Waals surface area contributed by atoms with Gasteiger partial charge >= 0.3 is 6.18 Å². The molecule has 2 aromatic carbocycles. The number of aromatic amines is 1. The summed E-state index contributed by atoms with van der Waals surface area (Å²) in [7, 11) is 0. The van der Waals surface area contributed by atoms with Crippen molar-refractivity contribution < 1.29 is 22.4 Å². The number of imidazole rings is 1. The zero-order valence-corrected chi connectivity index (χ0v) is 15.5. The van der Waals surface area contributed by atoms with Gasteiger partial charge in [-0.15, -0.1) is 0 Å². The van der Waals surface area contributed by atoms with Crippen LogP contribution < -0.4 is 5.32 Å². The summed E-state index contributed by atoms with van der Waals surface area (Å²) in [4.78, 5) is 20.4. The summed E-state index contributed by atoms with van der Waals surface area (Å²) in [5, 5.41) is 2.71. The summed E-state index contributed by atoms with van der Waals surface area (Å²) < 4.78 is 44.4. The molecule has 1 amide bonds. The van der Waals surface area contributed by atoms with E-state index in [0.717, 1.165) is 12.1 Å². The van der Waals surface area contributed by atoms with E-state index in [1.807, 2.05) is 6.07 Å². The molecule has 30 heavy (non-hydrogen) atoms. The molecule has 0 spiro atoms. The lowest BCUT2D eigenvalue weighted by molar-refractivity contribution is -0.137. The molecule has 0 unspecified atom stereocenters. The first kappa shape index (κ1) is 19.5. The molecule has 0 saturated heterocycles. The van der Waals surface area contributed by atoms with Crippen LogP contribution in [0.15, 0.2) is 71.3 Å². The Hall–Kier alpha value is -3.81. The van der Waals surface area contributed by atoms with Gasteiger partial charge in [-0.25, -0.2) is 4.98 Å². The maximum absolute atomic E-state index is 13.1. The highest BCUT2D eigenvalue weighted by molar-refractivity contribution is 6.23. The fourth-order valence-electron chi connectivity index (χ4n) is 2.97. The second kappa shape index (κ2) is 7.90. The van der Waals surface area contributed by atoms with E-state index in [1.165, 1.54) is 24.5 Å². The second-order valence-electron chi connectivity index (χ2n) is 6.55. The van der Waals surface area contributed by atoms with Crippen molar-refractivity contribution in [3.63, 3.8) is 0 Å². The second-order valence-corrected chi connectivity index (χ2v) is 6.55. The van der Waals surface area contributed by atoms with Gasteiger partial charge in [0.25, 0.3) is 5.91 Å². The molecule has 0 bridgehead atoms. The summed E-state index contributed by atoms with van der Waals surface area (Å²) in [5.74, 6) is 0.305.